The van der Waals surface area contributed by atoms with Gasteiger partial charge in [0, 0.05) is 17.1 Å². The summed E-state index contributed by atoms with van der Waals surface area (Å²) in [5.41, 5.74) is 1.48. The number of halogens is 6. The summed E-state index contributed by atoms with van der Waals surface area (Å²) in [4.78, 5) is 23.5. The van der Waals surface area contributed by atoms with Gasteiger partial charge in [-0.2, -0.15) is 13.2 Å². The molecular weight excluding hydrogens is 663 g/mol. The fourth-order valence-corrected chi connectivity index (χ4v) is 4.77. The molecular formula is C32H38Cl2F4N6O3. The number of nitrogens with zero attached hydrogens (tertiary/aromatic N) is 4. The molecule has 0 aliphatic carbocycles. The first kappa shape index (κ1) is 39.4. The van der Waals surface area contributed by atoms with Gasteiger partial charge < -0.3 is 20.2 Å². The standard InChI is InChI=1S/C20H21F4N3O2.C12H17Cl2N3O/c1-27(2)11-5-6-13-14(20(22,23)24)7-3-9-16(13)25-12-26-17-10-4-8-15(21)18(17)19(28)29;1-17(2)7-3-6-15-12(16-18)10-5-4-9(13)8-11(10)14/h3-4,7-10,12H,5-6,11H2,1-2H3,(H,25,26)(H,28,29);4-5,8,18H,3,6-7H2,1-2H3,(H,15,16). The van der Waals surface area contributed by atoms with E-state index in [1.165, 1.54) is 24.3 Å². The van der Waals surface area contributed by atoms with Gasteiger partial charge in [0.1, 0.15) is 11.4 Å². The topological polar surface area (TPSA) is 113 Å². The Balaban J connectivity index is 0.000000366. The third-order valence-electron chi connectivity index (χ3n) is 6.47. The summed E-state index contributed by atoms with van der Waals surface area (Å²) in [5, 5.41) is 21.8. The van der Waals surface area contributed by atoms with Crippen LogP contribution in [0.15, 0.2) is 64.6 Å². The van der Waals surface area contributed by atoms with Crippen LogP contribution in [0.5, 0.6) is 0 Å². The molecule has 0 spiro atoms. The second kappa shape index (κ2) is 19.2. The fraction of sp³-hybridized carbons (Fsp3) is 0.344. The zero-order valence-electron chi connectivity index (χ0n) is 26.4. The van der Waals surface area contributed by atoms with Crippen LogP contribution in [0.25, 0.3) is 0 Å². The predicted octanol–water partition coefficient (Wildman–Crippen LogP) is 7.48. The van der Waals surface area contributed by atoms with E-state index in [0.29, 0.717) is 41.0 Å². The number of carboxylic acid groups (broad SMARTS) is 1. The van der Waals surface area contributed by atoms with Crippen molar-refractivity contribution in [2.24, 2.45) is 9.98 Å². The molecule has 3 aromatic rings. The van der Waals surface area contributed by atoms with Crippen molar-refractivity contribution in [2.75, 3.05) is 53.1 Å². The van der Waals surface area contributed by atoms with E-state index in [2.05, 4.69) is 25.7 Å². The Hall–Kier alpha value is -3.75. The van der Waals surface area contributed by atoms with Gasteiger partial charge in [0.2, 0.25) is 0 Å². The molecule has 0 aliphatic heterocycles. The summed E-state index contributed by atoms with van der Waals surface area (Å²) >= 11 is 11.9. The highest BCUT2D eigenvalue weighted by Gasteiger charge is 2.34. The van der Waals surface area contributed by atoms with E-state index in [0.717, 1.165) is 31.4 Å². The number of carbonyl (C=O) groups is 1. The lowest BCUT2D eigenvalue weighted by atomic mass is 10.00. The van der Waals surface area contributed by atoms with Crippen LogP contribution in [0, 0.1) is 5.82 Å². The molecule has 0 aromatic heterocycles. The first-order valence-electron chi connectivity index (χ1n) is 14.3. The quantitative estimate of drug-likeness (QED) is 0.0481. The van der Waals surface area contributed by atoms with Crippen LogP contribution in [0.1, 0.15) is 39.9 Å². The molecule has 0 aliphatic rings. The number of rotatable bonds is 13. The van der Waals surface area contributed by atoms with E-state index < -0.39 is 29.1 Å². The highest BCUT2D eigenvalue weighted by molar-refractivity contribution is 6.36. The second-order valence-corrected chi connectivity index (χ2v) is 11.5. The number of aliphatic imine (C=N–C) groups is 2. The lowest BCUT2D eigenvalue weighted by Gasteiger charge is -2.16. The van der Waals surface area contributed by atoms with Gasteiger partial charge in [0.25, 0.3) is 0 Å². The molecule has 15 heteroatoms. The Labute approximate surface area is 281 Å². The number of hydrogen-bond acceptors (Lipinski definition) is 6. The van der Waals surface area contributed by atoms with E-state index in [4.69, 9.17) is 33.5 Å². The molecule has 9 nitrogen and oxygen atoms in total. The summed E-state index contributed by atoms with van der Waals surface area (Å²) < 4.78 is 53.9. The van der Waals surface area contributed by atoms with E-state index >= 15 is 0 Å². The minimum atomic E-state index is -4.52. The van der Waals surface area contributed by atoms with Crippen LogP contribution in [-0.2, 0) is 12.6 Å². The van der Waals surface area contributed by atoms with Gasteiger partial charge in [-0.15, -0.1) is 0 Å². The van der Waals surface area contributed by atoms with Crippen molar-refractivity contribution in [3.63, 3.8) is 0 Å². The van der Waals surface area contributed by atoms with Crippen LogP contribution >= 0.6 is 23.2 Å². The first-order chi connectivity index (χ1) is 22.1. The molecule has 4 N–H and O–H groups in total. The average Bonchev–Trinajstić information content (AvgIpc) is 2.97. The average molecular weight is 702 g/mol. The molecule has 0 saturated carbocycles. The smallest absolute Gasteiger partial charge is 0.416 e. The molecule has 47 heavy (non-hydrogen) atoms. The molecule has 256 valence electrons. The molecule has 3 aromatic carbocycles. The largest absolute Gasteiger partial charge is 0.478 e. The first-order valence-corrected chi connectivity index (χ1v) is 15.1. The van der Waals surface area contributed by atoms with Crippen molar-refractivity contribution in [1.29, 1.82) is 0 Å². The zero-order valence-corrected chi connectivity index (χ0v) is 27.9. The highest BCUT2D eigenvalue weighted by Crippen LogP contribution is 2.36. The van der Waals surface area contributed by atoms with Gasteiger partial charge in [-0.05, 0) is 109 Å². The number of hydroxylamine groups is 1. The lowest BCUT2D eigenvalue weighted by Crippen LogP contribution is -2.22. The molecule has 0 heterocycles. The van der Waals surface area contributed by atoms with Crippen molar-refractivity contribution in [2.45, 2.75) is 25.4 Å². The normalized spacial score (nSPS) is 12.0. The number of hydrogen-bond donors (Lipinski definition) is 4. The van der Waals surface area contributed by atoms with E-state index in [1.54, 1.807) is 18.2 Å². The maximum atomic E-state index is 13.7. The SMILES string of the molecule is CN(C)CCCN=C(NO)c1ccc(Cl)cc1Cl.CN(C)CCCc1c(N=CNc2cccc(F)c2C(=O)O)cccc1C(F)(F)F. The number of alkyl halides is 3. The molecule has 0 amide bonds. The number of anilines is 1. The Morgan fingerprint density at radius 1 is 0.979 bits per heavy atom. The number of aromatic carboxylic acids is 1. The minimum absolute atomic E-state index is 0.0533. The van der Waals surface area contributed by atoms with Gasteiger partial charge in [0.05, 0.1) is 28.3 Å². The van der Waals surface area contributed by atoms with Gasteiger partial charge in [-0.3, -0.25) is 15.7 Å². The maximum absolute atomic E-state index is 13.7. The predicted molar refractivity (Wildman–Crippen MR) is 179 cm³/mol. The fourth-order valence-electron chi connectivity index (χ4n) is 4.27. The number of nitrogens with one attached hydrogen (secondary N) is 2. The summed E-state index contributed by atoms with van der Waals surface area (Å²) in [5.74, 6) is -2.04. The number of carboxylic acids is 1. The van der Waals surface area contributed by atoms with Crippen LogP contribution in [-0.4, -0.2) is 86.1 Å². The third-order valence-corrected chi connectivity index (χ3v) is 7.01. The zero-order chi connectivity index (χ0) is 35.1. The van der Waals surface area contributed by atoms with Crippen molar-refractivity contribution >= 4 is 52.7 Å². The van der Waals surface area contributed by atoms with E-state index in [9.17, 15) is 22.4 Å². The van der Waals surface area contributed by atoms with Gasteiger partial charge in [-0.25, -0.2) is 14.2 Å². The van der Waals surface area contributed by atoms with Gasteiger partial charge in [-0.1, -0.05) is 35.3 Å². The lowest BCUT2D eigenvalue weighted by molar-refractivity contribution is -0.138. The molecule has 0 bridgehead atoms. The molecule has 0 saturated heterocycles. The monoisotopic (exact) mass is 700 g/mol. The van der Waals surface area contributed by atoms with Crippen LogP contribution in [0.2, 0.25) is 10.0 Å². The second-order valence-electron chi connectivity index (χ2n) is 10.7. The van der Waals surface area contributed by atoms with Crippen molar-refractivity contribution in [1.82, 2.24) is 15.3 Å². The van der Waals surface area contributed by atoms with Crippen molar-refractivity contribution in [3.8, 4) is 0 Å². The highest BCUT2D eigenvalue weighted by atomic mass is 35.5. The van der Waals surface area contributed by atoms with Crippen LogP contribution in [0.4, 0.5) is 28.9 Å². The summed E-state index contributed by atoms with van der Waals surface area (Å²) in [6.07, 6.45) is -1.88. The van der Waals surface area contributed by atoms with Gasteiger partial charge >= 0.3 is 12.1 Å². The minimum Gasteiger partial charge on any atom is -0.478 e. The molecule has 3 rings (SSSR count). The van der Waals surface area contributed by atoms with Crippen molar-refractivity contribution < 1.29 is 32.7 Å². The third kappa shape index (κ3) is 13.1. The molecule has 0 unspecified atom stereocenters. The number of amidine groups is 1. The van der Waals surface area contributed by atoms with Gasteiger partial charge in [0.15, 0.2) is 5.84 Å². The van der Waals surface area contributed by atoms with E-state index in [-0.39, 0.29) is 23.4 Å². The summed E-state index contributed by atoms with van der Waals surface area (Å²) in [7, 11) is 7.67. The Morgan fingerprint density at radius 2 is 1.64 bits per heavy atom. The van der Waals surface area contributed by atoms with Crippen LogP contribution in [0.3, 0.4) is 0 Å². The Morgan fingerprint density at radius 3 is 2.23 bits per heavy atom. The van der Waals surface area contributed by atoms with Crippen molar-refractivity contribution in [3.05, 3.63) is 92.7 Å². The van der Waals surface area contributed by atoms with E-state index in [1.807, 2.05) is 33.1 Å². The molecule has 0 radical (unpaired) electrons. The Kier molecular flexibility index (Phi) is 16.1. The molecule has 0 atom stereocenters. The Bertz CT molecular complexity index is 1540. The van der Waals surface area contributed by atoms with Crippen LogP contribution < -0.4 is 10.8 Å². The number of benzene rings is 3. The summed E-state index contributed by atoms with van der Waals surface area (Å²) in [6.45, 7) is 2.16. The summed E-state index contributed by atoms with van der Waals surface area (Å²) in [6, 6.07) is 12.4. The molecule has 0 fully saturated rings. The maximum Gasteiger partial charge on any atom is 0.416 e.